The summed E-state index contributed by atoms with van der Waals surface area (Å²) in [6.45, 7) is 2.20. The number of rotatable bonds is 4. The van der Waals surface area contributed by atoms with Crippen LogP contribution in [0.5, 0.6) is 5.88 Å². The van der Waals surface area contributed by atoms with Crippen LogP contribution in [0.25, 0.3) is 0 Å². The third kappa shape index (κ3) is 3.29. The number of aliphatic hydroxyl groups excluding tert-OH is 1. The first-order valence-electron chi connectivity index (χ1n) is 4.15. The van der Waals surface area contributed by atoms with Crippen molar-refractivity contribution in [2.75, 3.05) is 19.0 Å². The molecular formula is C9H14N2O2. The average Bonchev–Trinajstić information content (AvgIpc) is 2.15. The maximum absolute atomic E-state index is 9.02. The van der Waals surface area contributed by atoms with Crippen LogP contribution in [0.2, 0.25) is 0 Å². The highest BCUT2D eigenvalue weighted by molar-refractivity contribution is 5.36. The first-order chi connectivity index (χ1) is 6.22. The zero-order chi connectivity index (χ0) is 9.68. The topological polar surface area (TPSA) is 54.4 Å². The van der Waals surface area contributed by atoms with Gasteiger partial charge in [-0.05, 0) is 13.0 Å². The van der Waals surface area contributed by atoms with Gasteiger partial charge in [0.25, 0.3) is 0 Å². The molecule has 0 bridgehead atoms. The van der Waals surface area contributed by atoms with E-state index in [0.717, 1.165) is 0 Å². The van der Waals surface area contributed by atoms with Crippen molar-refractivity contribution >= 4 is 5.82 Å². The second kappa shape index (κ2) is 4.67. The molecule has 1 atom stereocenters. The largest absolute Gasteiger partial charge is 0.481 e. The van der Waals surface area contributed by atoms with Gasteiger partial charge in [0.1, 0.15) is 5.82 Å². The number of aromatic nitrogens is 1. The summed E-state index contributed by atoms with van der Waals surface area (Å²) in [4.78, 5) is 4.12. The highest BCUT2D eigenvalue weighted by Gasteiger charge is 1.98. The zero-order valence-electron chi connectivity index (χ0n) is 7.82. The second-order valence-corrected chi connectivity index (χ2v) is 2.80. The third-order valence-corrected chi connectivity index (χ3v) is 1.51. The fraction of sp³-hybridized carbons (Fsp3) is 0.444. The van der Waals surface area contributed by atoms with Crippen LogP contribution >= 0.6 is 0 Å². The highest BCUT2D eigenvalue weighted by atomic mass is 16.5. The van der Waals surface area contributed by atoms with Crippen LogP contribution in [0.1, 0.15) is 6.92 Å². The minimum Gasteiger partial charge on any atom is -0.481 e. The predicted molar refractivity (Wildman–Crippen MR) is 51.0 cm³/mol. The summed E-state index contributed by atoms with van der Waals surface area (Å²) in [5, 5.41) is 12.0. The molecule has 1 heterocycles. The molecule has 0 spiro atoms. The average molecular weight is 182 g/mol. The maximum Gasteiger partial charge on any atom is 0.214 e. The van der Waals surface area contributed by atoms with E-state index in [0.29, 0.717) is 18.2 Å². The van der Waals surface area contributed by atoms with Crippen molar-refractivity contribution in [2.24, 2.45) is 0 Å². The molecule has 0 amide bonds. The standard InChI is InChI=1S/C9H14N2O2/c1-7(12)6-10-8-4-3-5-9(11-8)13-2/h3-5,7,12H,6H2,1-2H3,(H,10,11). The van der Waals surface area contributed by atoms with E-state index in [1.54, 1.807) is 20.1 Å². The Balaban J connectivity index is 2.56. The molecule has 0 fully saturated rings. The van der Waals surface area contributed by atoms with Gasteiger partial charge in [-0.15, -0.1) is 0 Å². The van der Waals surface area contributed by atoms with Gasteiger partial charge in [0.15, 0.2) is 0 Å². The Morgan fingerprint density at radius 1 is 1.62 bits per heavy atom. The number of nitrogens with zero attached hydrogens (tertiary/aromatic N) is 1. The van der Waals surface area contributed by atoms with Crippen LogP contribution in [-0.4, -0.2) is 29.8 Å². The molecule has 1 aromatic heterocycles. The summed E-state index contributed by atoms with van der Waals surface area (Å²) in [7, 11) is 1.57. The van der Waals surface area contributed by atoms with Gasteiger partial charge in [-0.2, -0.15) is 4.98 Å². The Labute approximate surface area is 77.6 Å². The SMILES string of the molecule is COc1cccc(NCC(C)O)n1. The zero-order valence-corrected chi connectivity index (χ0v) is 7.82. The van der Waals surface area contributed by atoms with Crippen LogP contribution in [0.4, 0.5) is 5.82 Å². The Morgan fingerprint density at radius 2 is 2.38 bits per heavy atom. The molecule has 1 aromatic rings. The quantitative estimate of drug-likeness (QED) is 0.726. The fourth-order valence-corrected chi connectivity index (χ4v) is 0.879. The predicted octanol–water partition coefficient (Wildman–Crippen LogP) is 0.883. The maximum atomic E-state index is 9.02. The van der Waals surface area contributed by atoms with E-state index in [1.807, 2.05) is 12.1 Å². The van der Waals surface area contributed by atoms with Gasteiger partial charge >= 0.3 is 0 Å². The van der Waals surface area contributed by atoms with Crippen molar-refractivity contribution in [1.82, 2.24) is 4.98 Å². The summed E-state index contributed by atoms with van der Waals surface area (Å²) in [5.41, 5.74) is 0. The lowest BCUT2D eigenvalue weighted by molar-refractivity contribution is 0.208. The highest BCUT2D eigenvalue weighted by Crippen LogP contribution is 2.10. The smallest absolute Gasteiger partial charge is 0.214 e. The lowest BCUT2D eigenvalue weighted by Gasteiger charge is -2.07. The van der Waals surface area contributed by atoms with E-state index >= 15 is 0 Å². The molecule has 13 heavy (non-hydrogen) atoms. The van der Waals surface area contributed by atoms with E-state index < -0.39 is 0 Å². The van der Waals surface area contributed by atoms with Gasteiger partial charge in [-0.3, -0.25) is 0 Å². The van der Waals surface area contributed by atoms with Crippen molar-refractivity contribution in [1.29, 1.82) is 0 Å². The number of anilines is 1. The molecular weight excluding hydrogens is 168 g/mol. The van der Waals surface area contributed by atoms with Gasteiger partial charge in [-0.25, -0.2) is 0 Å². The number of pyridine rings is 1. The third-order valence-electron chi connectivity index (χ3n) is 1.51. The molecule has 4 heteroatoms. The minimum absolute atomic E-state index is 0.381. The number of ether oxygens (including phenoxy) is 1. The molecule has 0 aliphatic carbocycles. The molecule has 1 unspecified atom stereocenters. The first kappa shape index (κ1) is 9.80. The van der Waals surface area contributed by atoms with Gasteiger partial charge in [0, 0.05) is 12.6 Å². The minimum atomic E-state index is -0.381. The summed E-state index contributed by atoms with van der Waals surface area (Å²) in [5.74, 6) is 1.27. The Morgan fingerprint density at radius 3 is 3.00 bits per heavy atom. The van der Waals surface area contributed by atoms with Crippen molar-refractivity contribution in [3.05, 3.63) is 18.2 Å². The number of hydrogen-bond acceptors (Lipinski definition) is 4. The van der Waals surface area contributed by atoms with E-state index in [9.17, 15) is 0 Å². The monoisotopic (exact) mass is 182 g/mol. The Hall–Kier alpha value is -1.29. The van der Waals surface area contributed by atoms with Gasteiger partial charge in [-0.1, -0.05) is 6.07 Å². The molecule has 0 aliphatic rings. The number of methoxy groups -OCH3 is 1. The van der Waals surface area contributed by atoms with E-state index in [-0.39, 0.29) is 6.10 Å². The normalized spacial score (nSPS) is 12.2. The second-order valence-electron chi connectivity index (χ2n) is 2.80. The lowest BCUT2D eigenvalue weighted by atomic mass is 10.4. The van der Waals surface area contributed by atoms with Crippen molar-refractivity contribution in [2.45, 2.75) is 13.0 Å². The van der Waals surface area contributed by atoms with Crippen molar-refractivity contribution in [3.63, 3.8) is 0 Å². The number of nitrogens with one attached hydrogen (secondary N) is 1. The fourth-order valence-electron chi connectivity index (χ4n) is 0.879. The molecule has 1 rings (SSSR count). The van der Waals surface area contributed by atoms with Crippen molar-refractivity contribution in [3.8, 4) is 5.88 Å². The van der Waals surface area contributed by atoms with E-state index in [4.69, 9.17) is 9.84 Å². The summed E-state index contributed by atoms with van der Waals surface area (Å²) >= 11 is 0. The molecule has 2 N–H and O–H groups in total. The summed E-state index contributed by atoms with van der Waals surface area (Å²) < 4.78 is 4.95. The van der Waals surface area contributed by atoms with Gasteiger partial charge < -0.3 is 15.2 Å². The Bertz CT molecular complexity index is 264. The van der Waals surface area contributed by atoms with Crippen LogP contribution in [-0.2, 0) is 0 Å². The van der Waals surface area contributed by atoms with Crippen molar-refractivity contribution < 1.29 is 9.84 Å². The molecule has 0 radical (unpaired) electrons. The Kier molecular flexibility index (Phi) is 3.52. The van der Waals surface area contributed by atoms with E-state index in [1.165, 1.54) is 0 Å². The van der Waals surface area contributed by atoms with Crippen LogP contribution in [0, 0.1) is 0 Å². The summed E-state index contributed by atoms with van der Waals surface area (Å²) in [6.07, 6.45) is -0.381. The van der Waals surface area contributed by atoms with Crippen LogP contribution in [0.3, 0.4) is 0 Å². The van der Waals surface area contributed by atoms with Crippen LogP contribution < -0.4 is 10.1 Å². The lowest BCUT2D eigenvalue weighted by Crippen LogP contribution is -2.15. The molecule has 0 saturated carbocycles. The van der Waals surface area contributed by atoms with Gasteiger partial charge in [0.2, 0.25) is 5.88 Å². The number of aliphatic hydroxyl groups is 1. The molecule has 72 valence electrons. The first-order valence-corrected chi connectivity index (χ1v) is 4.15. The molecule has 0 saturated heterocycles. The molecule has 4 nitrogen and oxygen atoms in total. The molecule has 0 aliphatic heterocycles. The number of hydrogen-bond donors (Lipinski definition) is 2. The molecule has 0 aromatic carbocycles. The summed E-state index contributed by atoms with van der Waals surface area (Å²) in [6, 6.07) is 5.44. The van der Waals surface area contributed by atoms with Gasteiger partial charge in [0.05, 0.1) is 13.2 Å². The van der Waals surface area contributed by atoms with Crippen LogP contribution in [0.15, 0.2) is 18.2 Å². The van der Waals surface area contributed by atoms with E-state index in [2.05, 4.69) is 10.3 Å².